The number of amides is 2. The SMILES string of the molecule is CCl.CCl.O=C(Cl)N1C=CCCC1.O=C(Cl)N1CC=CCC1. The molecule has 8 heteroatoms. The summed E-state index contributed by atoms with van der Waals surface area (Å²) < 4.78 is 0. The largest absolute Gasteiger partial charge is 0.325 e. The molecule has 22 heavy (non-hydrogen) atoms. The fraction of sp³-hybridized carbons (Fsp3) is 0.571. The van der Waals surface area contributed by atoms with Crippen LogP contribution >= 0.6 is 46.4 Å². The molecule has 2 aliphatic heterocycles. The molecule has 0 unspecified atom stereocenters. The Bertz CT molecular complexity index is 363. The van der Waals surface area contributed by atoms with E-state index in [9.17, 15) is 9.59 Å². The smallest absolute Gasteiger partial charge is 0.320 e. The van der Waals surface area contributed by atoms with E-state index in [2.05, 4.69) is 29.3 Å². The molecule has 0 aromatic rings. The van der Waals surface area contributed by atoms with Crippen LogP contribution in [0.25, 0.3) is 0 Å². The molecule has 0 spiro atoms. The van der Waals surface area contributed by atoms with Crippen molar-refractivity contribution in [3.05, 3.63) is 24.4 Å². The van der Waals surface area contributed by atoms with Gasteiger partial charge >= 0.3 is 10.7 Å². The number of halogens is 4. The summed E-state index contributed by atoms with van der Waals surface area (Å²) in [4.78, 5) is 24.0. The van der Waals surface area contributed by atoms with Gasteiger partial charge in [0, 0.05) is 38.6 Å². The Morgan fingerprint density at radius 1 is 0.864 bits per heavy atom. The van der Waals surface area contributed by atoms with Gasteiger partial charge in [0.15, 0.2) is 0 Å². The van der Waals surface area contributed by atoms with E-state index in [0.717, 1.165) is 32.4 Å². The Balaban J connectivity index is 0. The highest BCUT2D eigenvalue weighted by Crippen LogP contribution is 2.07. The summed E-state index contributed by atoms with van der Waals surface area (Å²) in [6.07, 6.45) is 13.6. The van der Waals surface area contributed by atoms with Crippen molar-refractivity contribution in [3.63, 3.8) is 0 Å². The maximum absolute atomic E-state index is 10.5. The fourth-order valence-corrected chi connectivity index (χ4v) is 1.90. The van der Waals surface area contributed by atoms with Crippen molar-refractivity contribution < 1.29 is 9.59 Å². The quantitative estimate of drug-likeness (QED) is 0.244. The number of nitrogens with zero attached hydrogens (tertiary/aromatic N) is 2. The number of carbonyl (C=O) groups is 2. The van der Waals surface area contributed by atoms with E-state index >= 15 is 0 Å². The highest BCUT2D eigenvalue weighted by molar-refractivity contribution is 6.63. The number of allylic oxidation sites excluding steroid dienone is 1. The van der Waals surface area contributed by atoms with Gasteiger partial charge in [-0.25, -0.2) is 0 Å². The van der Waals surface area contributed by atoms with Gasteiger partial charge in [0.25, 0.3) is 0 Å². The molecule has 0 aromatic carbocycles. The molecule has 0 atom stereocenters. The second kappa shape index (κ2) is 16.9. The average molecular weight is 392 g/mol. The Kier molecular flexibility index (Phi) is 18.4. The van der Waals surface area contributed by atoms with Crippen molar-refractivity contribution in [2.24, 2.45) is 0 Å². The normalized spacial score (nSPS) is 15.4. The molecule has 2 amide bonds. The van der Waals surface area contributed by atoms with Gasteiger partial charge in [0.05, 0.1) is 0 Å². The van der Waals surface area contributed by atoms with Crippen LogP contribution in [0.2, 0.25) is 0 Å². The summed E-state index contributed by atoms with van der Waals surface area (Å²) in [6, 6.07) is 0. The molecule has 2 heterocycles. The summed E-state index contributed by atoms with van der Waals surface area (Å²) in [6.45, 7) is 2.19. The Morgan fingerprint density at radius 2 is 1.50 bits per heavy atom. The Morgan fingerprint density at radius 3 is 1.77 bits per heavy atom. The monoisotopic (exact) mass is 390 g/mol. The maximum Gasteiger partial charge on any atom is 0.320 e. The first-order valence-corrected chi connectivity index (χ1v) is 8.86. The standard InChI is InChI=1S/2C6H8ClNO.2CH3Cl/c2*7-6(9)8-4-2-1-3-5-8;2*1-2/h2,4H,1,3,5H2;1-2H,3-5H2;2*1H3. The zero-order valence-corrected chi connectivity index (χ0v) is 15.8. The molecular weight excluding hydrogens is 370 g/mol. The number of carbonyl (C=O) groups excluding carboxylic acids is 2. The molecule has 0 bridgehead atoms. The van der Waals surface area contributed by atoms with E-state index in [1.54, 1.807) is 11.1 Å². The molecule has 0 radical (unpaired) electrons. The van der Waals surface area contributed by atoms with Crippen molar-refractivity contribution in [3.8, 4) is 0 Å². The lowest BCUT2D eigenvalue weighted by atomic mass is 10.2. The van der Waals surface area contributed by atoms with E-state index in [4.69, 9.17) is 23.2 Å². The van der Waals surface area contributed by atoms with Crippen LogP contribution in [0.4, 0.5) is 9.59 Å². The van der Waals surface area contributed by atoms with Crippen LogP contribution in [0.5, 0.6) is 0 Å². The van der Waals surface area contributed by atoms with Crippen molar-refractivity contribution in [1.82, 2.24) is 9.80 Å². The molecular formula is C14H22Cl4N2O2. The lowest BCUT2D eigenvalue weighted by Crippen LogP contribution is -2.29. The highest BCUT2D eigenvalue weighted by Gasteiger charge is 2.09. The summed E-state index contributed by atoms with van der Waals surface area (Å²) in [5, 5.41) is -0.731. The molecule has 0 fully saturated rings. The van der Waals surface area contributed by atoms with Gasteiger partial charge in [-0.1, -0.05) is 18.2 Å². The first-order valence-electron chi connectivity index (χ1n) is 6.59. The van der Waals surface area contributed by atoms with Gasteiger partial charge in [0.2, 0.25) is 0 Å². The third kappa shape index (κ3) is 12.2. The third-order valence-corrected chi connectivity index (χ3v) is 3.04. The summed E-state index contributed by atoms with van der Waals surface area (Å²) >= 11 is 19.7. The highest BCUT2D eigenvalue weighted by atomic mass is 35.5. The van der Waals surface area contributed by atoms with Gasteiger partial charge < -0.3 is 9.80 Å². The molecule has 0 saturated heterocycles. The molecule has 128 valence electrons. The second-order valence-electron chi connectivity index (χ2n) is 3.93. The Labute approximate surface area is 152 Å². The zero-order chi connectivity index (χ0) is 17.4. The van der Waals surface area contributed by atoms with Gasteiger partial charge in [-0.3, -0.25) is 9.59 Å². The van der Waals surface area contributed by atoms with Crippen LogP contribution in [0.15, 0.2) is 24.4 Å². The topological polar surface area (TPSA) is 40.6 Å². The van der Waals surface area contributed by atoms with Crippen molar-refractivity contribution in [1.29, 1.82) is 0 Å². The van der Waals surface area contributed by atoms with E-state index in [-0.39, 0.29) is 10.7 Å². The van der Waals surface area contributed by atoms with Crippen molar-refractivity contribution in [2.45, 2.75) is 19.3 Å². The number of hydrogen-bond acceptors (Lipinski definition) is 2. The van der Waals surface area contributed by atoms with E-state index < -0.39 is 0 Å². The van der Waals surface area contributed by atoms with Gasteiger partial charge in [-0.2, -0.15) is 0 Å². The minimum absolute atomic E-state index is 0.348. The summed E-state index contributed by atoms with van der Waals surface area (Å²) in [5.41, 5.74) is 0. The second-order valence-corrected chi connectivity index (χ2v) is 4.58. The average Bonchev–Trinajstić information content (AvgIpc) is 2.60. The molecule has 0 aliphatic carbocycles. The van der Waals surface area contributed by atoms with Crippen LogP contribution in [-0.2, 0) is 0 Å². The first kappa shape index (κ1) is 23.8. The minimum atomic E-state index is -0.383. The summed E-state index contributed by atoms with van der Waals surface area (Å²) in [5.74, 6) is 0. The van der Waals surface area contributed by atoms with Crippen molar-refractivity contribution in [2.75, 3.05) is 32.4 Å². The fourth-order valence-electron chi connectivity index (χ4n) is 1.60. The van der Waals surface area contributed by atoms with Crippen LogP contribution in [-0.4, -0.2) is 52.9 Å². The van der Waals surface area contributed by atoms with Gasteiger partial charge in [-0.15, -0.1) is 23.2 Å². The first-order chi connectivity index (χ1) is 10.6. The Hall–Kier alpha value is -0.420. The molecule has 0 aromatic heterocycles. The van der Waals surface area contributed by atoms with Crippen LogP contribution in [0, 0.1) is 0 Å². The number of hydrogen-bond donors (Lipinski definition) is 0. The van der Waals surface area contributed by atoms with E-state index in [1.165, 1.54) is 17.7 Å². The van der Waals surface area contributed by atoms with Crippen LogP contribution < -0.4 is 0 Å². The summed E-state index contributed by atoms with van der Waals surface area (Å²) in [7, 11) is 0. The molecule has 2 aliphatic rings. The van der Waals surface area contributed by atoms with Gasteiger partial charge in [-0.05, 0) is 42.5 Å². The lowest BCUT2D eigenvalue weighted by Gasteiger charge is -2.19. The third-order valence-electron chi connectivity index (χ3n) is 2.59. The lowest BCUT2D eigenvalue weighted by molar-refractivity contribution is 0.226. The molecule has 4 nitrogen and oxygen atoms in total. The van der Waals surface area contributed by atoms with Gasteiger partial charge in [0.1, 0.15) is 0 Å². The van der Waals surface area contributed by atoms with E-state index in [1.807, 2.05) is 12.2 Å². The number of rotatable bonds is 0. The maximum atomic E-state index is 10.5. The van der Waals surface area contributed by atoms with Crippen molar-refractivity contribution >= 4 is 57.1 Å². The molecule has 2 rings (SSSR count). The van der Waals surface area contributed by atoms with Crippen LogP contribution in [0.1, 0.15) is 19.3 Å². The van der Waals surface area contributed by atoms with E-state index in [0.29, 0.717) is 6.54 Å². The number of alkyl halides is 2. The zero-order valence-electron chi connectivity index (χ0n) is 12.8. The predicted molar refractivity (Wildman–Crippen MR) is 96.5 cm³/mol. The van der Waals surface area contributed by atoms with Crippen LogP contribution in [0.3, 0.4) is 0 Å². The predicted octanol–water partition coefficient (Wildman–Crippen LogP) is 5.27. The minimum Gasteiger partial charge on any atom is -0.325 e. The molecule has 0 N–H and O–H groups in total. The molecule has 0 saturated carbocycles.